The predicted molar refractivity (Wildman–Crippen MR) is 27.7 cm³/mol. The summed E-state index contributed by atoms with van der Waals surface area (Å²) in [6.07, 6.45) is 0.679. The number of amides is 1. The van der Waals surface area contributed by atoms with Crippen LogP contribution >= 0.6 is 0 Å². The summed E-state index contributed by atoms with van der Waals surface area (Å²) >= 11 is 0. The molecule has 8 heavy (non-hydrogen) atoms. The van der Waals surface area contributed by atoms with E-state index in [1.54, 1.807) is 0 Å². The first-order valence-electron chi connectivity index (χ1n) is 2.41. The molecule has 1 saturated carbocycles. The van der Waals surface area contributed by atoms with Crippen molar-refractivity contribution in [1.29, 1.82) is 0 Å². The molecule has 0 aliphatic heterocycles. The first-order valence-corrected chi connectivity index (χ1v) is 2.41. The van der Waals surface area contributed by atoms with Crippen LogP contribution in [-0.2, 0) is 4.79 Å². The van der Waals surface area contributed by atoms with Crippen molar-refractivity contribution in [2.45, 2.75) is 12.5 Å². The smallest absolute Gasteiger partial charge is 0.236 e. The summed E-state index contributed by atoms with van der Waals surface area (Å²) in [6.45, 7) is 6.46. The second-order valence-electron chi connectivity index (χ2n) is 1.94. The van der Waals surface area contributed by atoms with E-state index in [2.05, 4.69) is 4.85 Å². The summed E-state index contributed by atoms with van der Waals surface area (Å²) in [4.78, 5) is 13.4. The standard InChI is InChI=1S/C5H6N2O/c1-7-4-2-3(4)5(6)8/h3-4H,2H2,(H2,6,8). The average molecular weight is 110 g/mol. The Bertz CT molecular complexity index is 158. The zero-order valence-corrected chi connectivity index (χ0v) is 4.29. The Hall–Kier alpha value is -1.04. The van der Waals surface area contributed by atoms with E-state index >= 15 is 0 Å². The Morgan fingerprint density at radius 3 is 2.62 bits per heavy atom. The summed E-state index contributed by atoms with van der Waals surface area (Å²) in [7, 11) is 0. The molecule has 0 saturated heterocycles. The molecule has 0 radical (unpaired) electrons. The number of nitrogens with zero attached hydrogens (tertiary/aromatic N) is 1. The molecule has 0 bridgehead atoms. The molecule has 0 spiro atoms. The van der Waals surface area contributed by atoms with Crippen molar-refractivity contribution in [2.75, 3.05) is 0 Å². The molecule has 0 heterocycles. The van der Waals surface area contributed by atoms with Crippen LogP contribution in [0.25, 0.3) is 4.85 Å². The second-order valence-corrected chi connectivity index (χ2v) is 1.94. The van der Waals surface area contributed by atoms with E-state index in [1.165, 1.54) is 0 Å². The van der Waals surface area contributed by atoms with Gasteiger partial charge in [-0.2, -0.15) is 0 Å². The summed E-state index contributed by atoms with van der Waals surface area (Å²) in [6, 6.07) is -0.0903. The lowest BCUT2D eigenvalue weighted by molar-refractivity contribution is -0.119. The van der Waals surface area contributed by atoms with Crippen LogP contribution in [0.4, 0.5) is 0 Å². The Morgan fingerprint density at radius 1 is 1.88 bits per heavy atom. The van der Waals surface area contributed by atoms with Crippen molar-refractivity contribution in [1.82, 2.24) is 0 Å². The topological polar surface area (TPSA) is 47.5 Å². The molecule has 1 fully saturated rings. The van der Waals surface area contributed by atoms with Crippen molar-refractivity contribution in [3.63, 3.8) is 0 Å². The molecule has 3 nitrogen and oxygen atoms in total. The minimum atomic E-state index is -0.328. The number of carbonyl (C=O) groups is 1. The molecular weight excluding hydrogens is 104 g/mol. The van der Waals surface area contributed by atoms with Gasteiger partial charge in [-0.3, -0.25) is 4.79 Å². The molecule has 42 valence electrons. The van der Waals surface area contributed by atoms with Crippen LogP contribution in [0, 0.1) is 12.5 Å². The van der Waals surface area contributed by atoms with Crippen LogP contribution in [-0.4, -0.2) is 11.9 Å². The molecule has 0 aromatic rings. The second kappa shape index (κ2) is 1.48. The van der Waals surface area contributed by atoms with Crippen molar-refractivity contribution >= 4 is 5.91 Å². The third-order valence-electron chi connectivity index (χ3n) is 1.29. The van der Waals surface area contributed by atoms with Gasteiger partial charge in [0.1, 0.15) is 5.92 Å². The number of rotatable bonds is 1. The maximum Gasteiger partial charge on any atom is 0.236 e. The molecule has 3 heteroatoms. The van der Waals surface area contributed by atoms with Crippen LogP contribution in [0.2, 0.25) is 0 Å². The highest BCUT2D eigenvalue weighted by Crippen LogP contribution is 2.32. The van der Waals surface area contributed by atoms with Gasteiger partial charge in [-0.25, -0.2) is 6.57 Å². The number of carbonyl (C=O) groups excluding carboxylic acids is 1. The van der Waals surface area contributed by atoms with E-state index < -0.39 is 0 Å². The average Bonchev–Trinajstić information content (AvgIpc) is 2.42. The molecule has 2 unspecified atom stereocenters. The van der Waals surface area contributed by atoms with E-state index in [0.29, 0.717) is 6.42 Å². The lowest BCUT2D eigenvalue weighted by atomic mass is 10.4. The van der Waals surface area contributed by atoms with Gasteiger partial charge in [0.2, 0.25) is 11.9 Å². The largest absolute Gasteiger partial charge is 0.369 e. The molecule has 1 aliphatic carbocycles. The highest BCUT2D eigenvalue weighted by molar-refractivity contribution is 5.80. The van der Waals surface area contributed by atoms with Gasteiger partial charge in [-0.1, -0.05) is 0 Å². The minimum absolute atomic E-state index is 0.0903. The van der Waals surface area contributed by atoms with Gasteiger partial charge in [-0.15, -0.1) is 0 Å². The summed E-state index contributed by atoms with van der Waals surface area (Å²) in [5.74, 6) is -0.460. The van der Waals surface area contributed by atoms with Crippen LogP contribution < -0.4 is 5.73 Å². The fourth-order valence-electron chi connectivity index (χ4n) is 0.630. The van der Waals surface area contributed by atoms with Gasteiger partial charge < -0.3 is 10.6 Å². The summed E-state index contributed by atoms with van der Waals surface area (Å²) < 4.78 is 0. The number of hydrogen-bond acceptors (Lipinski definition) is 1. The van der Waals surface area contributed by atoms with Gasteiger partial charge in [0, 0.05) is 6.42 Å². The molecule has 0 aromatic heterocycles. The van der Waals surface area contributed by atoms with Crippen LogP contribution in [0.1, 0.15) is 6.42 Å². The van der Waals surface area contributed by atoms with Crippen molar-refractivity contribution in [3.05, 3.63) is 11.4 Å². The third-order valence-corrected chi connectivity index (χ3v) is 1.29. The maximum absolute atomic E-state index is 10.2. The van der Waals surface area contributed by atoms with Crippen LogP contribution in [0.15, 0.2) is 0 Å². The predicted octanol–water partition coefficient (Wildman–Crippen LogP) is -0.221. The van der Waals surface area contributed by atoms with Crippen molar-refractivity contribution < 1.29 is 4.79 Å². The summed E-state index contributed by atoms with van der Waals surface area (Å²) in [5, 5.41) is 0. The Labute approximate surface area is 47.3 Å². The SMILES string of the molecule is [C-]#[N+]C1CC1C(N)=O. The maximum atomic E-state index is 10.2. The molecule has 1 rings (SSSR count). The van der Waals surface area contributed by atoms with Gasteiger partial charge in [0.15, 0.2) is 0 Å². The van der Waals surface area contributed by atoms with Gasteiger partial charge in [0.25, 0.3) is 0 Å². The fraction of sp³-hybridized carbons (Fsp3) is 0.600. The Balaban J connectivity index is 2.40. The first-order chi connectivity index (χ1) is 3.75. The molecule has 1 amide bonds. The molecular formula is C5H6N2O. The third kappa shape index (κ3) is 0.648. The normalized spacial score (nSPS) is 33.4. The van der Waals surface area contributed by atoms with E-state index in [1.807, 2.05) is 0 Å². The first kappa shape index (κ1) is 5.10. The highest BCUT2D eigenvalue weighted by Gasteiger charge is 2.48. The highest BCUT2D eigenvalue weighted by atomic mass is 16.1. The number of hydrogen-bond donors (Lipinski definition) is 1. The van der Waals surface area contributed by atoms with Crippen molar-refractivity contribution in [2.24, 2.45) is 11.7 Å². The van der Waals surface area contributed by atoms with E-state index in [0.717, 1.165) is 0 Å². The number of primary amides is 1. The molecule has 2 atom stereocenters. The van der Waals surface area contributed by atoms with E-state index in [9.17, 15) is 4.79 Å². The Morgan fingerprint density at radius 2 is 2.50 bits per heavy atom. The van der Waals surface area contributed by atoms with Crippen LogP contribution in [0.5, 0.6) is 0 Å². The number of nitrogens with two attached hydrogens (primary N) is 1. The molecule has 2 N–H and O–H groups in total. The monoisotopic (exact) mass is 110 g/mol. The zero-order chi connectivity index (χ0) is 6.15. The van der Waals surface area contributed by atoms with Gasteiger partial charge in [-0.05, 0) is 0 Å². The summed E-state index contributed by atoms with van der Waals surface area (Å²) in [5.41, 5.74) is 4.88. The molecule has 1 aliphatic rings. The lowest BCUT2D eigenvalue weighted by Gasteiger charge is -1.78. The fourth-order valence-corrected chi connectivity index (χ4v) is 0.630. The molecule has 0 aromatic carbocycles. The van der Waals surface area contributed by atoms with E-state index in [-0.39, 0.29) is 17.9 Å². The van der Waals surface area contributed by atoms with Crippen molar-refractivity contribution in [3.8, 4) is 0 Å². The Kier molecular flexibility index (Phi) is 0.943. The van der Waals surface area contributed by atoms with Crippen LogP contribution in [0.3, 0.4) is 0 Å². The zero-order valence-electron chi connectivity index (χ0n) is 4.29. The van der Waals surface area contributed by atoms with Gasteiger partial charge >= 0.3 is 0 Å². The van der Waals surface area contributed by atoms with Gasteiger partial charge in [0.05, 0.1) is 0 Å². The lowest BCUT2D eigenvalue weighted by Crippen LogP contribution is -2.14. The quantitative estimate of drug-likeness (QED) is 0.466. The minimum Gasteiger partial charge on any atom is -0.369 e. The van der Waals surface area contributed by atoms with E-state index in [4.69, 9.17) is 12.3 Å².